The van der Waals surface area contributed by atoms with Crippen molar-refractivity contribution in [1.82, 2.24) is 19.5 Å². The van der Waals surface area contributed by atoms with E-state index in [-0.39, 0.29) is 51.0 Å². The summed E-state index contributed by atoms with van der Waals surface area (Å²) in [5.41, 5.74) is 11.4. The number of aliphatic hydroxyl groups excluding tert-OH is 1. The molecule has 0 amide bonds. The summed E-state index contributed by atoms with van der Waals surface area (Å²) < 4.78 is 15.5. The van der Waals surface area contributed by atoms with Gasteiger partial charge in [0.05, 0.1) is 28.1 Å². The molecule has 2 aliphatic carbocycles. The fourth-order valence-corrected chi connectivity index (χ4v) is 4.52. The highest BCUT2D eigenvalue weighted by Gasteiger charge is 2.40. The highest BCUT2D eigenvalue weighted by molar-refractivity contribution is 6.35. The summed E-state index contributed by atoms with van der Waals surface area (Å²) in [6.45, 7) is 0. The zero-order chi connectivity index (χ0) is 23.4. The molecule has 33 heavy (non-hydrogen) atoms. The van der Waals surface area contributed by atoms with Gasteiger partial charge >= 0.3 is 0 Å². The molecule has 2 saturated carbocycles. The first kappa shape index (κ1) is 21.4. The lowest BCUT2D eigenvalue weighted by Crippen LogP contribution is -2.40. The fraction of sp³-hybridized carbons (Fsp3) is 0.381. The SMILES string of the molecule is N#Cc1c(N)nc(N)nc1N[C@H](c1nc2c(Cl)cc(F)cc2c(=O)n1[C@H]1C[C@@H](O)C1)C1CC1. The second-order valence-corrected chi connectivity index (χ2v) is 8.88. The third kappa shape index (κ3) is 3.71. The molecule has 1 aromatic carbocycles. The van der Waals surface area contributed by atoms with Crippen molar-refractivity contribution in [1.29, 1.82) is 5.26 Å². The van der Waals surface area contributed by atoms with E-state index >= 15 is 0 Å². The van der Waals surface area contributed by atoms with Crippen molar-refractivity contribution in [2.45, 2.75) is 43.9 Å². The van der Waals surface area contributed by atoms with Gasteiger partial charge in [0.1, 0.15) is 29.1 Å². The summed E-state index contributed by atoms with van der Waals surface area (Å²) in [6.07, 6.45) is 1.93. The second kappa shape index (κ2) is 7.83. The Hall–Kier alpha value is -3.49. The Balaban J connectivity index is 1.71. The van der Waals surface area contributed by atoms with E-state index in [4.69, 9.17) is 28.1 Å². The standard InChI is InChI=1S/C21H20ClFN8O2/c22-14-4-9(23)3-12-16(14)28-19(31(20(12)33)10-5-11(32)6-10)15(8-1-2-8)27-18-13(7-24)17(25)29-21(26)30-18/h3-4,8,10-11,15,32H,1-2,5-6H2,(H5,25,26,27,29,30)/t10-,11+,15-/m0/s1. The lowest BCUT2D eigenvalue weighted by molar-refractivity contribution is 0.0451. The lowest BCUT2D eigenvalue weighted by atomic mass is 9.88. The summed E-state index contributed by atoms with van der Waals surface area (Å²) in [5, 5.41) is 22.7. The Morgan fingerprint density at radius 1 is 1.27 bits per heavy atom. The van der Waals surface area contributed by atoms with Gasteiger partial charge in [0.15, 0.2) is 5.82 Å². The first-order valence-electron chi connectivity index (χ1n) is 10.5. The Morgan fingerprint density at radius 3 is 2.64 bits per heavy atom. The second-order valence-electron chi connectivity index (χ2n) is 8.47. The van der Waals surface area contributed by atoms with Crippen LogP contribution in [0.3, 0.4) is 0 Å². The molecule has 170 valence electrons. The van der Waals surface area contributed by atoms with Gasteiger partial charge in [-0.05, 0) is 43.7 Å². The zero-order valence-corrected chi connectivity index (χ0v) is 18.1. The molecule has 0 aliphatic heterocycles. The molecule has 12 heteroatoms. The van der Waals surface area contributed by atoms with Gasteiger partial charge in [-0.3, -0.25) is 9.36 Å². The van der Waals surface area contributed by atoms with Crippen molar-refractivity contribution in [2.24, 2.45) is 5.92 Å². The monoisotopic (exact) mass is 470 g/mol. The van der Waals surface area contributed by atoms with Crippen LogP contribution >= 0.6 is 11.6 Å². The maximum atomic E-state index is 14.0. The number of anilines is 3. The molecular weight excluding hydrogens is 451 g/mol. The van der Waals surface area contributed by atoms with Crippen LogP contribution in [-0.2, 0) is 0 Å². The van der Waals surface area contributed by atoms with Gasteiger partial charge < -0.3 is 21.9 Å². The minimum Gasteiger partial charge on any atom is -0.393 e. The molecular formula is C21H20ClFN8O2. The van der Waals surface area contributed by atoms with E-state index in [9.17, 15) is 19.6 Å². The molecule has 1 atom stereocenters. The van der Waals surface area contributed by atoms with Crippen LogP contribution in [0.5, 0.6) is 0 Å². The summed E-state index contributed by atoms with van der Waals surface area (Å²) >= 11 is 6.25. The van der Waals surface area contributed by atoms with Crippen molar-refractivity contribution < 1.29 is 9.50 Å². The molecule has 5 rings (SSSR count). The Labute approximate surface area is 192 Å². The van der Waals surface area contributed by atoms with E-state index in [1.165, 1.54) is 4.57 Å². The number of nitrogens with two attached hydrogens (primary N) is 2. The quantitative estimate of drug-likeness (QED) is 0.436. The summed E-state index contributed by atoms with van der Waals surface area (Å²) in [5.74, 6) is -0.200. The van der Waals surface area contributed by atoms with Gasteiger partial charge in [0.25, 0.3) is 5.56 Å². The minimum atomic E-state index is -0.637. The van der Waals surface area contributed by atoms with Gasteiger partial charge in [0.2, 0.25) is 5.95 Å². The van der Waals surface area contributed by atoms with Gasteiger partial charge in [-0.15, -0.1) is 0 Å². The average Bonchev–Trinajstić information content (AvgIpc) is 3.55. The van der Waals surface area contributed by atoms with Crippen molar-refractivity contribution in [3.05, 3.63) is 44.7 Å². The maximum absolute atomic E-state index is 14.0. The number of benzene rings is 1. The maximum Gasteiger partial charge on any atom is 0.261 e. The number of aromatic nitrogens is 4. The van der Waals surface area contributed by atoms with E-state index in [1.54, 1.807) is 0 Å². The number of halogens is 2. The molecule has 3 aromatic rings. The topological polar surface area (TPSA) is 169 Å². The van der Waals surface area contributed by atoms with Crippen LogP contribution in [0.4, 0.5) is 22.0 Å². The number of nitriles is 1. The van der Waals surface area contributed by atoms with Crippen LogP contribution in [-0.4, -0.2) is 30.7 Å². The Kier molecular flexibility index (Phi) is 5.07. The number of nitrogens with one attached hydrogen (secondary N) is 1. The van der Waals surface area contributed by atoms with Gasteiger partial charge in [0, 0.05) is 6.04 Å². The smallest absolute Gasteiger partial charge is 0.261 e. The van der Waals surface area contributed by atoms with E-state index in [1.807, 2.05) is 6.07 Å². The van der Waals surface area contributed by atoms with Crippen LogP contribution in [0.1, 0.15) is 49.2 Å². The number of nitrogens with zero attached hydrogens (tertiary/aromatic N) is 5. The van der Waals surface area contributed by atoms with Gasteiger partial charge in [-0.25, -0.2) is 9.37 Å². The zero-order valence-electron chi connectivity index (χ0n) is 17.3. The summed E-state index contributed by atoms with van der Waals surface area (Å²) in [7, 11) is 0. The largest absolute Gasteiger partial charge is 0.393 e. The summed E-state index contributed by atoms with van der Waals surface area (Å²) in [4.78, 5) is 26.2. The van der Waals surface area contributed by atoms with Crippen LogP contribution < -0.4 is 22.3 Å². The van der Waals surface area contributed by atoms with Crippen LogP contribution in [0, 0.1) is 23.1 Å². The number of rotatable bonds is 5. The lowest BCUT2D eigenvalue weighted by Gasteiger charge is -2.36. The third-order valence-corrected chi connectivity index (χ3v) is 6.42. The molecule has 0 bridgehead atoms. The molecule has 0 unspecified atom stereocenters. The Bertz CT molecular complexity index is 1380. The van der Waals surface area contributed by atoms with E-state index < -0.39 is 23.5 Å². The van der Waals surface area contributed by atoms with Crippen molar-refractivity contribution in [3.8, 4) is 6.07 Å². The highest BCUT2D eigenvalue weighted by atomic mass is 35.5. The molecule has 6 N–H and O–H groups in total. The number of fused-ring (bicyclic) bond motifs is 1. The van der Waals surface area contributed by atoms with Crippen molar-refractivity contribution in [3.63, 3.8) is 0 Å². The van der Waals surface area contributed by atoms with E-state index in [2.05, 4.69) is 15.3 Å². The molecule has 2 aliphatic rings. The molecule has 0 radical (unpaired) electrons. The predicted octanol–water partition coefficient (Wildman–Crippen LogP) is 2.27. The van der Waals surface area contributed by atoms with E-state index in [0.29, 0.717) is 18.7 Å². The summed E-state index contributed by atoms with van der Waals surface area (Å²) in [6, 6.07) is 3.37. The first-order valence-corrected chi connectivity index (χ1v) is 10.8. The van der Waals surface area contributed by atoms with Gasteiger partial charge in [-0.2, -0.15) is 15.2 Å². The average molecular weight is 471 g/mol. The van der Waals surface area contributed by atoms with Crippen LogP contribution in [0.2, 0.25) is 5.02 Å². The molecule has 2 fully saturated rings. The number of hydrogen-bond donors (Lipinski definition) is 4. The molecule has 0 saturated heterocycles. The highest BCUT2D eigenvalue weighted by Crippen LogP contribution is 2.44. The van der Waals surface area contributed by atoms with Crippen molar-refractivity contribution in [2.75, 3.05) is 16.8 Å². The Morgan fingerprint density at radius 2 is 2.00 bits per heavy atom. The fourth-order valence-electron chi connectivity index (χ4n) is 4.27. The molecule has 10 nitrogen and oxygen atoms in total. The molecule has 2 aromatic heterocycles. The molecule has 0 spiro atoms. The number of hydrogen-bond acceptors (Lipinski definition) is 9. The van der Waals surface area contributed by atoms with E-state index in [0.717, 1.165) is 25.0 Å². The third-order valence-electron chi connectivity index (χ3n) is 6.13. The molecule has 2 heterocycles. The number of nitrogen functional groups attached to an aromatic ring is 2. The predicted molar refractivity (Wildman–Crippen MR) is 120 cm³/mol. The first-order chi connectivity index (χ1) is 15.8. The van der Waals surface area contributed by atoms with Crippen molar-refractivity contribution >= 4 is 40.1 Å². The van der Waals surface area contributed by atoms with Crippen LogP contribution in [0.15, 0.2) is 16.9 Å². The normalized spacial score (nSPS) is 20.8. The number of aliphatic hydroxyl groups is 1. The van der Waals surface area contributed by atoms with Gasteiger partial charge in [-0.1, -0.05) is 11.6 Å². The minimum absolute atomic E-state index is 0.0203. The van der Waals surface area contributed by atoms with Crippen LogP contribution in [0.25, 0.3) is 10.9 Å².